The van der Waals surface area contributed by atoms with Crippen LogP contribution in [0.25, 0.3) is 0 Å². The molecule has 0 spiro atoms. The second kappa shape index (κ2) is 14.2. The van der Waals surface area contributed by atoms with Gasteiger partial charge in [0.2, 0.25) is 15.9 Å². The Morgan fingerprint density at radius 3 is 2.17 bits per heavy atom. The van der Waals surface area contributed by atoms with Gasteiger partial charge in [0.15, 0.2) is 5.78 Å². The highest BCUT2D eigenvalue weighted by Gasteiger charge is 2.27. The molecule has 2 aromatic rings. The van der Waals surface area contributed by atoms with E-state index in [1.54, 1.807) is 24.3 Å². The normalized spacial score (nSPS) is 14.5. The van der Waals surface area contributed by atoms with Crippen LogP contribution in [0.3, 0.4) is 0 Å². The SMILES string of the molecule is CC(C)C(NCC(=O)[C@@H](N)Cc1ccc(F)cc1)C(=O)NC(CNS(C)(=O)=O)Cc1ccc(O)c(C(C)(C)C)c1. The molecule has 11 heteroatoms. The van der Waals surface area contributed by atoms with Crippen molar-refractivity contribution >= 4 is 21.7 Å². The molecule has 0 heterocycles. The van der Waals surface area contributed by atoms with E-state index in [-0.39, 0.29) is 54.1 Å². The quantitative estimate of drug-likeness (QED) is 0.231. The number of halogens is 1. The number of nitrogens with one attached hydrogen (secondary N) is 3. The molecule has 0 aliphatic heterocycles. The summed E-state index contributed by atoms with van der Waals surface area (Å²) in [6.45, 7) is 9.41. The molecule has 0 bridgehead atoms. The van der Waals surface area contributed by atoms with E-state index in [0.717, 1.165) is 22.9 Å². The molecule has 3 atom stereocenters. The van der Waals surface area contributed by atoms with Gasteiger partial charge >= 0.3 is 0 Å². The summed E-state index contributed by atoms with van der Waals surface area (Å²) in [7, 11) is -3.52. The Morgan fingerprint density at radius 2 is 1.62 bits per heavy atom. The van der Waals surface area contributed by atoms with Crippen LogP contribution in [-0.2, 0) is 37.9 Å². The molecule has 9 nitrogen and oxygen atoms in total. The molecule has 2 aromatic carbocycles. The number of amides is 1. The summed E-state index contributed by atoms with van der Waals surface area (Å²) in [5.74, 6) is -1.08. The fraction of sp³-hybridized carbons (Fsp3) is 0.517. The fourth-order valence-corrected chi connectivity index (χ4v) is 4.78. The minimum absolute atomic E-state index is 0.0391. The first-order chi connectivity index (χ1) is 18.5. The van der Waals surface area contributed by atoms with Crippen LogP contribution in [0, 0.1) is 11.7 Å². The van der Waals surface area contributed by atoms with Gasteiger partial charge in [-0.3, -0.25) is 14.9 Å². The molecule has 0 saturated heterocycles. The number of phenols is 1. The van der Waals surface area contributed by atoms with E-state index >= 15 is 0 Å². The maximum absolute atomic E-state index is 13.3. The van der Waals surface area contributed by atoms with Gasteiger partial charge in [0.05, 0.1) is 24.9 Å². The summed E-state index contributed by atoms with van der Waals surface area (Å²) in [5, 5.41) is 16.2. The van der Waals surface area contributed by atoms with Gasteiger partial charge in [0, 0.05) is 12.6 Å². The highest BCUT2D eigenvalue weighted by molar-refractivity contribution is 7.88. The molecule has 0 saturated carbocycles. The topological polar surface area (TPSA) is 151 Å². The molecule has 1 amide bonds. The molecular formula is C29H43FN4O5S. The van der Waals surface area contributed by atoms with E-state index in [2.05, 4.69) is 15.4 Å². The van der Waals surface area contributed by atoms with Crippen molar-refractivity contribution in [3.63, 3.8) is 0 Å². The number of carbonyl (C=O) groups is 2. The van der Waals surface area contributed by atoms with Crippen LogP contribution >= 0.6 is 0 Å². The first kappa shape index (κ1) is 33.3. The number of hydrogen-bond donors (Lipinski definition) is 5. The molecule has 2 unspecified atom stereocenters. The van der Waals surface area contributed by atoms with Crippen LogP contribution in [0.1, 0.15) is 51.3 Å². The van der Waals surface area contributed by atoms with Crippen molar-refractivity contribution in [2.45, 2.75) is 71.0 Å². The Balaban J connectivity index is 2.12. The van der Waals surface area contributed by atoms with E-state index in [4.69, 9.17) is 5.73 Å². The van der Waals surface area contributed by atoms with Crippen molar-refractivity contribution in [2.75, 3.05) is 19.3 Å². The third-order valence-corrected chi connectivity index (χ3v) is 7.21. The van der Waals surface area contributed by atoms with Crippen molar-refractivity contribution < 1.29 is 27.5 Å². The lowest BCUT2D eigenvalue weighted by Gasteiger charge is -2.27. The summed E-state index contributed by atoms with van der Waals surface area (Å²) in [6.07, 6.45) is 1.59. The van der Waals surface area contributed by atoms with E-state index < -0.39 is 28.1 Å². The Labute approximate surface area is 237 Å². The number of phenolic OH excluding ortho intramolecular Hbond substituents is 1. The summed E-state index contributed by atoms with van der Waals surface area (Å²) in [4.78, 5) is 26.0. The number of hydrogen-bond acceptors (Lipinski definition) is 7. The average molecular weight is 579 g/mol. The van der Waals surface area contributed by atoms with Gasteiger partial charge in [-0.2, -0.15) is 0 Å². The average Bonchev–Trinajstić information content (AvgIpc) is 2.83. The number of Topliss-reactive ketones (excluding diaryl/α,β-unsaturated/α-hetero) is 1. The Morgan fingerprint density at radius 1 is 1.02 bits per heavy atom. The molecule has 6 N–H and O–H groups in total. The van der Waals surface area contributed by atoms with Crippen LogP contribution in [0.5, 0.6) is 5.75 Å². The lowest BCUT2D eigenvalue weighted by atomic mass is 9.85. The molecule has 0 radical (unpaired) electrons. The number of ketones is 1. The standard InChI is InChI=1S/C29H43FN4O5S/c1-18(2)27(32-17-26(36)24(31)15-19-7-10-21(30)11-8-19)28(37)34-22(16-33-40(6,38)39)13-20-9-12-25(35)23(14-20)29(3,4)5/h7-12,14,18,22,24,27,32-33,35H,13,15-17,31H2,1-6H3,(H,34,37)/t22?,24-,27?/m0/s1. The van der Waals surface area contributed by atoms with Gasteiger partial charge in [-0.05, 0) is 59.1 Å². The van der Waals surface area contributed by atoms with Crippen LogP contribution in [0.2, 0.25) is 0 Å². The largest absolute Gasteiger partial charge is 0.508 e. The minimum atomic E-state index is -3.52. The molecule has 0 aromatic heterocycles. The summed E-state index contributed by atoms with van der Waals surface area (Å²) < 4.78 is 39.2. The van der Waals surface area contributed by atoms with Crippen molar-refractivity contribution in [1.29, 1.82) is 0 Å². The Hall–Kier alpha value is -2.86. The van der Waals surface area contributed by atoms with Crippen molar-refractivity contribution in [1.82, 2.24) is 15.4 Å². The molecule has 2 rings (SSSR count). The number of sulfonamides is 1. The number of benzene rings is 2. The van der Waals surface area contributed by atoms with E-state index in [1.807, 2.05) is 40.7 Å². The van der Waals surface area contributed by atoms with Gasteiger partial charge in [-0.25, -0.2) is 17.5 Å². The van der Waals surface area contributed by atoms with Crippen LogP contribution in [0.15, 0.2) is 42.5 Å². The Kier molecular flexibility index (Phi) is 11.8. The molecule has 40 heavy (non-hydrogen) atoms. The predicted molar refractivity (Wildman–Crippen MR) is 155 cm³/mol. The second-order valence-electron chi connectivity index (χ2n) is 11.6. The molecule has 0 aliphatic carbocycles. The predicted octanol–water partition coefficient (Wildman–Crippen LogP) is 2.16. The minimum Gasteiger partial charge on any atom is -0.508 e. The van der Waals surface area contributed by atoms with E-state index in [1.165, 1.54) is 12.1 Å². The Bertz CT molecular complexity index is 1260. The van der Waals surface area contributed by atoms with Gasteiger partial charge < -0.3 is 16.2 Å². The first-order valence-corrected chi connectivity index (χ1v) is 15.2. The zero-order valence-electron chi connectivity index (χ0n) is 24.1. The number of nitrogens with two attached hydrogens (primary N) is 1. The second-order valence-corrected chi connectivity index (χ2v) is 13.5. The third kappa shape index (κ3) is 11.0. The van der Waals surface area contributed by atoms with E-state index in [9.17, 15) is 27.5 Å². The van der Waals surface area contributed by atoms with E-state index in [0.29, 0.717) is 6.42 Å². The molecule has 222 valence electrons. The number of aromatic hydroxyl groups is 1. The number of carbonyl (C=O) groups excluding carboxylic acids is 2. The highest BCUT2D eigenvalue weighted by Crippen LogP contribution is 2.31. The zero-order chi connectivity index (χ0) is 30.3. The van der Waals surface area contributed by atoms with Gasteiger partial charge in [0.1, 0.15) is 11.6 Å². The maximum atomic E-state index is 13.3. The van der Waals surface area contributed by atoms with Crippen molar-refractivity contribution in [3.05, 3.63) is 65.0 Å². The zero-order valence-corrected chi connectivity index (χ0v) is 24.9. The smallest absolute Gasteiger partial charge is 0.237 e. The highest BCUT2D eigenvalue weighted by atomic mass is 32.2. The summed E-state index contributed by atoms with van der Waals surface area (Å²) >= 11 is 0. The molecule has 0 fully saturated rings. The summed E-state index contributed by atoms with van der Waals surface area (Å²) in [6, 6.07) is 8.78. The third-order valence-electron chi connectivity index (χ3n) is 6.52. The lowest BCUT2D eigenvalue weighted by molar-refractivity contribution is -0.125. The molecular weight excluding hydrogens is 535 g/mol. The van der Waals surface area contributed by atoms with Gasteiger partial charge in [0.25, 0.3) is 0 Å². The van der Waals surface area contributed by atoms with Crippen LogP contribution in [-0.4, -0.2) is 62.7 Å². The van der Waals surface area contributed by atoms with Crippen molar-refractivity contribution in [3.8, 4) is 5.75 Å². The fourth-order valence-electron chi connectivity index (χ4n) is 4.27. The first-order valence-electron chi connectivity index (χ1n) is 13.3. The maximum Gasteiger partial charge on any atom is 0.237 e. The monoisotopic (exact) mass is 578 g/mol. The summed E-state index contributed by atoms with van der Waals surface area (Å²) in [5.41, 5.74) is 8.03. The van der Waals surface area contributed by atoms with Crippen molar-refractivity contribution in [2.24, 2.45) is 11.7 Å². The van der Waals surface area contributed by atoms with Gasteiger partial charge in [-0.1, -0.05) is 58.9 Å². The van der Waals surface area contributed by atoms with Gasteiger partial charge in [-0.15, -0.1) is 0 Å². The number of rotatable bonds is 14. The lowest BCUT2D eigenvalue weighted by Crippen LogP contribution is -2.55. The van der Waals surface area contributed by atoms with Crippen LogP contribution in [0.4, 0.5) is 4.39 Å². The molecule has 0 aliphatic rings. The van der Waals surface area contributed by atoms with Crippen LogP contribution < -0.4 is 21.1 Å².